The smallest absolute Gasteiger partial charge is 0.258 e. The van der Waals surface area contributed by atoms with Gasteiger partial charge in [0.15, 0.2) is 24.1 Å². The van der Waals surface area contributed by atoms with Crippen LogP contribution in [0.25, 0.3) is 10.8 Å². The maximum absolute atomic E-state index is 13.5. The van der Waals surface area contributed by atoms with Crippen molar-refractivity contribution < 1.29 is 27.5 Å². The molecule has 0 atom stereocenters. The molecule has 0 fully saturated rings. The summed E-state index contributed by atoms with van der Waals surface area (Å²) in [5, 5.41) is 6.32. The predicted octanol–water partition coefficient (Wildman–Crippen LogP) is 3.39. The van der Waals surface area contributed by atoms with Crippen molar-refractivity contribution in [2.24, 2.45) is 0 Å². The van der Waals surface area contributed by atoms with Gasteiger partial charge in [-0.1, -0.05) is 30.3 Å². The summed E-state index contributed by atoms with van der Waals surface area (Å²) in [6, 6.07) is 14.6. The molecule has 0 saturated heterocycles. The van der Waals surface area contributed by atoms with Crippen molar-refractivity contribution in [1.82, 2.24) is 5.32 Å². The second-order valence-electron chi connectivity index (χ2n) is 5.85. The molecular formula is C20H15F3N2O3. The molecule has 2 amide bonds. The standard InChI is InChI=1S/C20H15F3N2O3/c21-15-7-8-16(20(23)19(15)22)25-17(26)10-24-18(27)11-28-14-6-5-12-3-1-2-4-13(12)9-14/h1-9H,10-11H2,(H,24,27)(H,25,26). The Balaban J connectivity index is 1.48. The predicted molar refractivity (Wildman–Crippen MR) is 97.4 cm³/mol. The average molecular weight is 388 g/mol. The minimum Gasteiger partial charge on any atom is -0.484 e. The Morgan fingerprint density at radius 2 is 1.61 bits per heavy atom. The van der Waals surface area contributed by atoms with Crippen molar-refractivity contribution in [1.29, 1.82) is 0 Å². The molecule has 2 N–H and O–H groups in total. The third kappa shape index (κ3) is 4.59. The highest BCUT2D eigenvalue weighted by molar-refractivity contribution is 5.94. The first-order valence-corrected chi connectivity index (χ1v) is 8.25. The molecule has 0 unspecified atom stereocenters. The molecule has 3 aromatic carbocycles. The molecule has 28 heavy (non-hydrogen) atoms. The van der Waals surface area contributed by atoms with E-state index in [-0.39, 0.29) is 6.61 Å². The number of hydrogen-bond donors (Lipinski definition) is 2. The fourth-order valence-corrected chi connectivity index (χ4v) is 2.45. The lowest BCUT2D eigenvalue weighted by atomic mass is 10.1. The molecule has 0 aliphatic heterocycles. The quantitative estimate of drug-likeness (QED) is 0.636. The van der Waals surface area contributed by atoms with E-state index in [1.807, 2.05) is 30.3 Å². The van der Waals surface area contributed by atoms with Crippen LogP contribution in [-0.2, 0) is 9.59 Å². The molecule has 0 heterocycles. The van der Waals surface area contributed by atoms with E-state index in [1.165, 1.54) is 0 Å². The summed E-state index contributed by atoms with van der Waals surface area (Å²) in [5.74, 6) is -5.46. The van der Waals surface area contributed by atoms with Gasteiger partial charge in [0.2, 0.25) is 5.91 Å². The number of nitrogens with one attached hydrogen (secondary N) is 2. The molecule has 3 rings (SSSR count). The lowest BCUT2D eigenvalue weighted by Gasteiger charge is -2.10. The highest BCUT2D eigenvalue weighted by atomic mass is 19.2. The second kappa shape index (κ2) is 8.43. The van der Waals surface area contributed by atoms with Gasteiger partial charge in [-0.2, -0.15) is 0 Å². The largest absolute Gasteiger partial charge is 0.484 e. The van der Waals surface area contributed by atoms with Crippen molar-refractivity contribution in [2.75, 3.05) is 18.5 Å². The minimum absolute atomic E-state index is 0.328. The van der Waals surface area contributed by atoms with Crippen LogP contribution in [0.2, 0.25) is 0 Å². The maximum atomic E-state index is 13.5. The molecule has 0 aliphatic rings. The molecule has 0 spiro atoms. The summed E-state index contributed by atoms with van der Waals surface area (Å²) >= 11 is 0. The molecule has 0 saturated carbocycles. The van der Waals surface area contributed by atoms with Crippen molar-refractivity contribution in [3.8, 4) is 5.75 Å². The lowest BCUT2D eigenvalue weighted by molar-refractivity contribution is -0.125. The molecule has 0 bridgehead atoms. The van der Waals surface area contributed by atoms with Gasteiger partial charge in [0.05, 0.1) is 12.2 Å². The third-order valence-corrected chi connectivity index (χ3v) is 3.85. The van der Waals surface area contributed by atoms with E-state index in [1.54, 1.807) is 12.1 Å². The van der Waals surface area contributed by atoms with Crippen molar-refractivity contribution in [2.45, 2.75) is 0 Å². The van der Waals surface area contributed by atoms with Crippen LogP contribution in [0, 0.1) is 17.5 Å². The van der Waals surface area contributed by atoms with Gasteiger partial charge in [0.25, 0.3) is 5.91 Å². The summed E-state index contributed by atoms with van der Waals surface area (Å²) in [6.45, 7) is -0.816. The highest BCUT2D eigenvalue weighted by Gasteiger charge is 2.15. The number of anilines is 1. The number of rotatable bonds is 6. The van der Waals surface area contributed by atoms with Crippen LogP contribution >= 0.6 is 0 Å². The monoisotopic (exact) mass is 388 g/mol. The van der Waals surface area contributed by atoms with Gasteiger partial charge < -0.3 is 15.4 Å². The molecule has 5 nitrogen and oxygen atoms in total. The van der Waals surface area contributed by atoms with Crippen molar-refractivity contribution in [3.05, 3.63) is 72.0 Å². The lowest BCUT2D eigenvalue weighted by Crippen LogP contribution is -2.36. The van der Waals surface area contributed by atoms with E-state index in [0.717, 1.165) is 16.8 Å². The zero-order chi connectivity index (χ0) is 20.1. The van der Waals surface area contributed by atoms with Crippen LogP contribution in [0.3, 0.4) is 0 Å². The molecule has 8 heteroatoms. The Morgan fingerprint density at radius 1 is 0.857 bits per heavy atom. The van der Waals surface area contributed by atoms with Gasteiger partial charge in [0, 0.05) is 0 Å². The van der Waals surface area contributed by atoms with Crippen LogP contribution in [0.4, 0.5) is 18.9 Å². The summed E-state index contributed by atoms with van der Waals surface area (Å²) in [6.07, 6.45) is 0. The molecule has 0 aromatic heterocycles. The number of ether oxygens (including phenoxy) is 1. The highest BCUT2D eigenvalue weighted by Crippen LogP contribution is 2.21. The van der Waals surface area contributed by atoms with Crippen LogP contribution in [0.5, 0.6) is 5.75 Å². The molecule has 144 valence electrons. The first kappa shape index (κ1) is 19.2. The van der Waals surface area contributed by atoms with E-state index in [4.69, 9.17) is 4.74 Å². The normalized spacial score (nSPS) is 10.5. The summed E-state index contributed by atoms with van der Waals surface area (Å²) < 4.78 is 44.9. The van der Waals surface area contributed by atoms with E-state index in [0.29, 0.717) is 11.8 Å². The Labute approximate surface area is 158 Å². The van der Waals surface area contributed by atoms with Gasteiger partial charge in [-0.05, 0) is 35.0 Å². The Kier molecular flexibility index (Phi) is 5.78. The summed E-state index contributed by atoms with van der Waals surface area (Å²) in [7, 11) is 0. The van der Waals surface area contributed by atoms with Gasteiger partial charge >= 0.3 is 0 Å². The van der Waals surface area contributed by atoms with E-state index < -0.39 is 41.5 Å². The minimum atomic E-state index is -1.69. The number of fused-ring (bicyclic) bond motifs is 1. The number of hydrogen-bond acceptors (Lipinski definition) is 3. The van der Waals surface area contributed by atoms with Crippen molar-refractivity contribution in [3.63, 3.8) is 0 Å². The molecule has 0 aliphatic carbocycles. The van der Waals surface area contributed by atoms with E-state index in [2.05, 4.69) is 10.6 Å². The van der Waals surface area contributed by atoms with Crippen LogP contribution in [0.1, 0.15) is 0 Å². The van der Waals surface area contributed by atoms with Crippen molar-refractivity contribution >= 4 is 28.3 Å². The number of halogens is 3. The number of benzene rings is 3. The molecule has 3 aromatic rings. The zero-order valence-electron chi connectivity index (χ0n) is 14.5. The maximum Gasteiger partial charge on any atom is 0.258 e. The fraction of sp³-hybridized carbons (Fsp3) is 0.100. The van der Waals surface area contributed by atoms with Crippen LogP contribution in [0.15, 0.2) is 54.6 Å². The summed E-state index contributed by atoms with van der Waals surface area (Å²) in [5.41, 5.74) is -0.523. The number of carbonyl (C=O) groups is 2. The Morgan fingerprint density at radius 3 is 2.39 bits per heavy atom. The topological polar surface area (TPSA) is 67.4 Å². The second-order valence-corrected chi connectivity index (χ2v) is 5.85. The zero-order valence-corrected chi connectivity index (χ0v) is 14.5. The third-order valence-electron chi connectivity index (χ3n) is 3.85. The SMILES string of the molecule is O=C(COc1ccc2ccccc2c1)NCC(=O)Nc1ccc(F)c(F)c1F. The first-order chi connectivity index (χ1) is 13.4. The van der Waals surface area contributed by atoms with Gasteiger partial charge in [-0.3, -0.25) is 9.59 Å². The van der Waals surface area contributed by atoms with E-state index >= 15 is 0 Å². The number of carbonyl (C=O) groups excluding carboxylic acids is 2. The fourth-order valence-electron chi connectivity index (χ4n) is 2.45. The van der Waals surface area contributed by atoms with Gasteiger partial charge in [-0.25, -0.2) is 13.2 Å². The number of amides is 2. The molecular weight excluding hydrogens is 373 g/mol. The van der Waals surface area contributed by atoms with E-state index in [9.17, 15) is 22.8 Å². The van der Waals surface area contributed by atoms with Crippen LogP contribution in [-0.4, -0.2) is 25.0 Å². The summed E-state index contributed by atoms with van der Waals surface area (Å²) in [4.78, 5) is 23.5. The Bertz CT molecular complexity index is 1040. The van der Waals surface area contributed by atoms with Gasteiger partial charge in [0.1, 0.15) is 5.75 Å². The first-order valence-electron chi connectivity index (χ1n) is 8.25. The average Bonchev–Trinajstić information content (AvgIpc) is 2.71. The van der Waals surface area contributed by atoms with Gasteiger partial charge in [-0.15, -0.1) is 0 Å². The molecule has 0 radical (unpaired) electrons. The van der Waals surface area contributed by atoms with Crippen LogP contribution < -0.4 is 15.4 Å². The Hall–Kier alpha value is -3.55.